The fourth-order valence-electron chi connectivity index (χ4n) is 5.01. The molecule has 0 bridgehead atoms. The van der Waals surface area contributed by atoms with Crippen molar-refractivity contribution < 1.29 is 34.9 Å². The minimum Gasteiger partial charge on any atom is -0.511 e. The lowest BCUT2D eigenvalue weighted by Crippen LogP contribution is -2.47. The van der Waals surface area contributed by atoms with Gasteiger partial charge in [0.15, 0.2) is 17.3 Å². The van der Waals surface area contributed by atoms with Crippen molar-refractivity contribution in [2.45, 2.75) is 12.8 Å². The third-order valence-corrected chi connectivity index (χ3v) is 6.30. The number of carbonyl (C=O) groups excluding carboxylic acids is 3. The van der Waals surface area contributed by atoms with Crippen LogP contribution < -0.4 is 10.6 Å². The summed E-state index contributed by atoms with van der Waals surface area (Å²) in [4.78, 5) is 39.7. The average Bonchev–Trinajstić information content (AvgIpc) is 2.67. The number of rotatable bonds is 2. The van der Waals surface area contributed by atoms with Crippen LogP contribution in [0.25, 0.3) is 0 Å². The van der Waals surface area contributed by atoms with Gasteiger partial charge in [0.1, 0.15) is 22.8 Å². The average molecular weight is 427 g/mol. The number of hydrogen-bond acceptors (Lipinski definition) is 9. The number of ketones is 2. The van der Waals surface area contributed by atoms with Gasteiger partial charge in [-0.2, -0.15) is 0 Å². The Labute approximate surface area is 176 Å². The molecule has 10 nitrogen and oxygen atoms in total. The van der Waals surface area contributed by atoms with E-state index in [9.17, 15) is 34.9 Å². The molecule has 0 heterocycles. The fraction of sp³-hybridized carbons (Fsp3) is 0.333. The number of hydrogen-bond donors (Lipinski definition) is 5. The van der Waals surface area contributed by atoms with Crippen molar-refractivity contribution in [3.8, 4) is 5.75 Å². The SMILES string of the molecule is CN(C)c1ccc(O)c2c1CC1CC3/C(=N/O)C(O)=C(C(N)=O)C(=O)C3C(O)=C1C2=O. The van der Waals surface area contributed by atoms with Crippen LogP contribution in [0.2, 0.25) is 0 Å². The van der Waals surface area contributed by atoms with Crippen molar-refractivity contribution in [3.05, 3.63) is 45.9 Å². The molecule has 3 atom stereocenters. The summed E-state index contributed by atoms with van der Waals surface area (Å²) < 4.78 is 0. The summed E-state index contributed by atoms with van der Waals surface area (Å²) in [6.07, 6.45) is 0.366. The molecule has 0 spiro atoms. The van der Waals surface area contributed by atoms with E-state index in [4.69, 9.17) is 5.73 Å². The Morgan fingerprint density at radius 3 is 2.45 bits per heavy atom. The number of phenolic OH excluding ortho intramolecular Hbond substituents is 1. The summed E-state index contributed by atoms with van der Waals surface area (Å²) in [6.45, 7) is 0. The van der Waals surface area contributed by atoms with Crippen LogP contribution in [0.1, 0.15) is 22.3 Å². The molecule has 0 saturated carbocycles. The quantitative estimate of drug-likeness (QED) is 0.264. The molecule has 0 radical (unpaired) electrons. The van der Waals surface area contributed by atoms with Gasteiger partial charge in [0.25, 0.3) is 5.91 Å². The Kier molecular flexibility index (Phi) is 4.53. The summed E-state index contributed by atoms with van der Waals surface area (Å²) in [6, 6.07) is 3.07. The molecular weight excluding hydrogens is 406 g/mol. The Hall–Kier alpha value is -3.82. The number of oxime groups is 1. The summed E-state index contributed by atoms with van der Waals surface area (Å²) >= 11 is 0. The van der Waals surface area contributed by atoms with E-state index in [0.717, 1.165) is 5.69 Å². The zero-order valence-electron chi connectivity index (χ0n) is 16.8. The summed E-state index contributed by atoms with van der Waals surface area (Å²) in [5, 5.41) is 44.2. The number of aliphatic hydroxyl groups is 2. The largest absolute Gasteiger partial charge is 0.511 e. The molecule has 1 aromatic carbocycles. The molecule has 31 heavy (non-hydrogen) atoms. The number of nitrogens with zero attached hydrogens (tertiary/aromatic N) is 2. The number of aromatic hydroxyl groups is 1. The molecule has 10 heteroatoms. The molecule has 6 N–H and O–H groups in total. The Morgan fingerprint density at radius 1 is 1.19 bits per heavy atom. The molecular formula is C21H21N3O7. The van der Waals surface area contributed by atoms with Crippen LogP contribution in [0.5, 0.6) is 5.75 Å². The topological polar surface area (TPSA) is 174 Å². The molecule has 1 amide bonds. The van der Waals surface area contributed by atoms with Crippen molar-refractivity contribution in [2.24, 2.45) is 28.6 Å². The van der Waals surface area contributed by atoms with E-state index in [-0.39, 0.29) is 35.4 Å². The lowest BCUT2D eigenvalue weighted by atomic mass is 9.62. The first kappa shape index (κ1) is 20.5. The van der Waals surface area contributed by atoms with E-state index in [1.807, 2.05) is 0 Å². The van der Waals surface area contributed by atoms with Gasteiger partial charge in [0.2, 0.25) is 0 Å². The Bertz CT molecular complexity index is 1150. The van der Waals surface area contributed by atoms with Gasteiger partial charge in [-0.15, -0.1) is 0 Å². The molecule has 0 aliphatic heterocycles. The smallest absolute Gasteiger partial charge is 0.256 e. The second-order valence-electron chi connectivity index (χ2n) is 8.14. The summed E-state index contributed by atoms with van der Waals surface area (Å²) in [5.74, 6) is -7.35. The molecule has 4 rings (SSSR count). The van der Waals surface area contributed by atoms with Crippen LogP contribution in [-0.2, 0) is 16.0 Å². The minimum absolute atomic E-state index is 0.0317. The molecule has 3 unspecified atom stereocenters. The highest BCUT2D eigenvalue weighted by molar-refractivity contribution is 6.28. The summed E-state index contributed by atoms with van der Waals surface area (Å²) in [7, 11) is 3.59. The normalized spacial score (nSPS) is 26.5. The fourth-order valence-corrected chi connectivity index (χ4v) is 5.01. The molecule has 3 aliphatic rings. The van der Waals surface area contributed by atoms with Gasteiger partial charge in [-0.3, -0.25) is 14.4 Å². The van der Waals surface area contributed by atoms with E-state index >= 15 is 0 Å². The number of fused-ring (bicyclic) bond motifs is 3. The highest BCUT2D eigenvalue weighted by Crippen LogP contribution is 2.49. The van der Waals surface area contributed by atoms with Crippen LogP contribution in [0, 0.1) is 17.8 Å². The summed E-state index contributed by atoms with van der Waals surface area (Å²) in [5.41, 5.74) is 5.40. The van der Waals surface area contributed by atoms with Crippen molar-refractivity contribution >= 4 is 28.9 Å². The first-order chi connectivity index (χ1) is 14.6. The standard InChI is InChI=1S/C21H21N3O7/c1-24(2)10-3-4-11(25)13-8(10)5-7-6-9-14(18(27)12(7)17(13)26)19(28)15(21(22)30)20(29)16(9)23-31/h3-4,7,9,14,25,27,29,31H,5-6H2,1-2H3,(H2,22,30)/b23-16-. The van der Waals surface area contributed by atoms with Gasteiger partial charge in [0, 0.05) is 31.3 Å². The third-order valence-electron chi connectivity index (χ3n) is 6.30. The van der Waals surface area contributed by atoms with Gasteiger partial charge in [0.05, 0.1) is 11.5 Å². The zero-order valence-corrected chi connectivity index (χ0v) is 16.8. The molecule has 162 valence electrons. The number of Topliss-reactive ketones (excluding diaryl/α,β-unsaturated/α-hetero) is 2. The number of aliphatic hydroxyl groups excluding tert-OH is 2. The molecule has 0 saturated heterocycles. The Morgan fingerprint density at radius 2 is 1.87 bits per heavy atom. The zero-order chi connectivity index (χ0) is 22.8. The number of phenols is 1. The number of carbonyl (C=O) groups is 3. The number of primary amides is 1. The first-order valence-electron chi connectivity index (χ1n) is 9.59. The van der Waals surface area contributed by atoms with Gasteiger partial charge in [-0.25, -0.2) is 0 Å². The minimum atomic E-state index is -1.40. The number of anilines is 1. The monoisotopic (exact) mass is 427 g/mol. The van der Waals surface area contributed by atoms with Crippen LogP contribution in [0.3, 0.4) is 0 Å². The lowest BCUT2D eigenvalue weighted by molar-refractivity contribution is -0.124. The third kappa shape index (κ3) is 2.71. The van der Waals surface area contributed by atoms with E-state index in [1.165, 1.54) is 6.07 Å². The van der Waals surface area contributed by atoms with Crippen molar-refractivity contribution in [2.75, 3.05) is 19.0 Å². The van der Waals surface area contributed by atoms with Gasteiger partial charge in [-0.1, -0.05) is 5.16 Å². The van der Waals surface area contributed by atoms with Gasteiger partial charge >= 0.3 is 0 Å². The van der Waals surface area contributed by atoms with E-state index in [2.05, 4.69) is 5.16 Å². The molecule has 0 fully saturated rings. The van der Waals surface area contributed by atoms with E-state index < -0.39 is 52.3 Å². The second kappa shape index (κ2) is 6.86. The van der Waals surface area contributed by atoms with E-state index in [0.29, 0.717) is 5.56 Å². The van der Waals surface area contributed by atoms with Crippen molar-refractivity contribution in [3.63, 3.8) is 0 Å². The number of allylic oxidation sites excluding steroid dienone is 3. The number of benzene rings is 1. The highest BCUT2D eigenvalue weighted by Gasteiger charge is 2.53. The maximum Gasteiger partial charge on any atom is 0.256 e. The van der Waals surface area contributed by atoms with Crippen molar-refractivity contribution in [1.82, 2.24) is 0 Å². The Balaban J connectivity index is 1.93. The van der Waals surface area contributed by atoms with Gasteiger partial charge in [-0.05, 0) is 36.5 Å². The number of nitrogens with two attached hydrogens (primary N) is 1. The molecule has 3 aliphatic carbocycles. The maximum atomic E-state index is 13.3. The highest BCUT2D eigenvalue weighted by atomic mass is 16.4. The van der Waals surface area contributed by atoms with Crippen molar-refractivity contribution in [1.29, 1.82) is 0 Å². The van der Waals surface area contributed by atoms with Crippen LogP contribution >= 0.6 is 0 Å². The predicted molar refractivity (Wildman–Crippen MR) is 108 cm³/mol. The van der Waals surface area contributed by atoms with Crippen LogP contribution in [-0.4, -0.2) is 57.8 Å². The molecule has 1 aromatic rings. The molecule has 0 aromatic heterocycles. The number of amides is 1. The predicted octanol–water partition coefficient (Wildman–Crippen LogP) is 0.972. The first-order valence-corrected chi connectivity index (χ1v) is 9.59. The maximum absolute atomic E-state index is 13.3. The van der Waals surface area contributed by atoms with E-state index in [1.54, 1.807) is 25.1 Å². The second-order valence-corrected chi connectivity index (χ2v) is 8.14. The van der Waals surface area contributed by atoms with Gasteiger partial charge < -0.3 is 31.2 Å². The van der Waals surface area contributed by atoms with Crippen LogP contribution in [0.15, 0.2) is 40.0 Å². The lowest BCUT2D eigenvalue weighted by Gasteiger charge is -2.41. The van der Waals surface area contributed by atoms with Crippen LogP contribution in [0.4, 0.5) is 5.69 Å².